The number of rotatable bonds is 10. The van der Waals surface area contributed by atoms with E-state index in [-0.39, 0.29) is 23.6 Å². The van der Waals surface area contributed by atoms with Crippen LogP contribution >= 0.6 is 0 Å². The lowest BCUT2D eigenvalue weighted by atomic mass is 9.94. The number of methoxy groups -OCH3 is 1. The van der Waals surface area contributed by atoms with Gasteiger partial charge in [0, 0.05) is 56.2 Å². The molecule has 0 aromatic heterocycles. The first-order valence-corrected chi connectivity index (χ1v) is 14.4. The van der Waals surface area contributed by atoms with Crippen molar-refractivity contribution in [2.75, 3.05) is 56.6 Å². The molecule has 0 bridgehead atoms. The van der Waals surface area contributed by atoms with Crippen molar-refractivity contribution in [2.24, 2.45) is 0 Å². The second-order valence-electron chi connectivity index (χ2n) is 10.1. The highest BCUT2D eigenvalue weighted by atomic mass is 16.5. The maximum atomic E-state index is 13.6. The van der Waals surface area contributed by atoms with Crippen LogP contribution in [0.3, 0.4) is 0 Å². The molecule has 0 unspecified atom stereocenters. The largest absolute Gasteiger partial charge is 0.497 e. The Morgan fingerprint density at radius 2 is 1.59 bits per heavy atom. The highest BCUT2D eigenvalue weighted by Crippen LogP contribution is 2.29. The molecule has 0 spiro atoms. The van der Waals surface area contributed by atoms with E-state index in [1.54, 1.807) is 42.3 Å². The highest BCUT2D eigenvalue weighted by molar-refractivity contribution is 6.06. The number of piperazine rings is 1. The lowest BCUT2D eigenvalue weighted by Crippen LogP contribution is -2.50. The standard InChI is InChI=1S/C33H40N4O4/c1-5-28(24-12-9-8-10-13-24)32(39)37-20-18-36(19-21-37)30-17-16-26(23-29(30)33(40)35(6-2)7-3)34-31(38)25-14-11-15-27(22-25)41-4/h8-17,22-23,28H,5-7,18-21H2,1-4H3,(H,34,38)/t28-/m1/s1. The SMILES string of the molecule is CC[C@@H](C(=O)N1CCN(c2ccc(NC(=O)c3cccc(OC)c3)cc2C(=O)N(CC)CC)CC1)c1ccccc1. The van der Waals surface area contributed by atoms with Gasteiger partial charge in [0.2, 0.25) is 5.91 Å². The van der Waals surface area contributed by atoms with Gasteiger partial charge in [-0.1, -0.05) is 43.3 Å². The first-order chi connectivity index (χ1) is 19.9. The minimum atomic E-state index is -0.283. The summed E-state index contributed by atoms with van der Waals surface area (Å²) in [6.45, 7) is 9.50. The molecule has 3 aromatic carbocycles. The molecule has 1 N–H and O–H groups in total. The topological polar surface area (TPSA) is 82.2 Å². The van der Waals surface area contributed by atoms with Crippen LogP contribution in [0.4, 0.5) is 11.4 Å². The number of carbonyl (C=O) groups is 3. The van der Waals surface area contributed by atoms with Crippen LogP contribution in [0, 0.1) is 0 Å². The summed E-state index contributed by atoms with van der Waals surface area (Å²) in [4.78, 5) is 45.9. The molecule has 8 heteroatoms. The van der Waals surface area contributed by atoms with Crippen molar-refractivity contribution >= 4 is 29.1 Å². The van der Waals surface area contributed by atoms with Crippen LogP contribution in [-0.4, -0.2) is 73.9 Å². The predicted molar refractivity (Wildman–Crippen MR) is 163 cm³/mol. The molecule has 1 aliphatic heterocycles. The molecule has 216 valence electrons. The third kappa shape index (κ3) is 6.88. The molecule has 41 heavy (non-hydrogen) atoms. The van der Waals surface area contributed by atoms with Crippen molar-refractivity contribution in [3.05, 3.63) is 89.5 Å². The number of benzene rings is 3. The summed E-state index contributed by atoms with van der Waals surface area (Å²) in [6.07, 6.45) is 0.745. The first kappa shape index (κ1) is 29.6. The van der Waals surface area contributed by atoms with Gasteiger partial charge in [-0.15, -0.1) is 0 Å². The van der Waals surface area contributed by atoms with E-state index < -0.39 is 0 Å². The lowest BCUT2D eigenvalue weighted by molar-refractivity contribution is -0.133. The summed E-state index contributed by atoms with van der Waals surface area (Å²) in [5, 5.41) is 2.93. The van der Waals surface area contributed by atoms with E-state index in [2.05, 4.69) is 10.2 Å². The zero-order valence-corrected chi connectivity index (χ0v) is 24.4. The van der Waals surface area contributed by atoms with Crippen LogP contribution in [0.1, 0.15) is 59.4 Å². The van der Waals surface area contributed by atoms with Crippen molar-refractivity contribution < 1.29 is 19.1 Å². The van der Waals surface area contributed by atoms with E-state index in [4.69, 9.17) is 4.74 Å². The minimum Gasteiger partial charge on any atom is -0.497 e. The molecule has 4 rings (SSSR count). The zero-order valence-electron chi connectivity index (χ0n) is 24.4. The Hall–Kier alpha value is -4.33. The third-order valence-electron chi connectivity index (χ3n) is 7.71. The van der Waals surface area contributed by atoms with Gasteiger partial charge in [0.25, 0.3) is 11.8 Å². The smallest absolute Gasteiger partial charge is 0.256 e. The van der Waals surface area contributed by atoms with Gasteiger partial charge in [0.1, 0.15) is 5.75 Å². The average molecular weight is 557 g/mol. The molecule has 0 saturated carbocycles. The molecule has 1 aliphatic rings. The molecule has 1 atom stereocenters. The molecule has 1 fully saturated rings. The Kier molecular flexibility index (Phi) is 10.0. The monoisotopic (exact) mass is 556 g/mol. The fourth-order valence-electron chi connectivity index (χ4n) is 5.34. The maximum Gasteiger partial charge on any atom is 0.256 e. The van der Waals surface area contributed by atoms with E-state index in [0.29, 0.717) is 61.8 Å². The predicted octanol–water partition coefficient (Wildman–Crippen LogP) is 5.27. The Balaban J connectivity index is 1.54. The fraction of sp³-hybridized carbons (Fsp3) is 0.364. The third-order valence-corrected chi connectivity index (χ3v) is 7.71. The van der Waals surface area contributed by atoms with Crippen molar-refractivity contribution in [3.63, 3.8) is 0 Å². The summed E-state index contributed by atoms with van der Waals surface area (Å²) >= 11 is 0. The van der Waals surface area contributed by atoms with Gasteiger partial charge in [-0.3, -0.25) is 14.4 Å². The number of carbonyl (C=O) groups excluding carboxylic acids is 3. The van der Waals surface area contributed by atoms with E-state index in [9.17, 15) is 14.4 Å². The number of nitrogens with one attached hydrogen (secondary N) is 1. The fourth-order valence-corrected chi connectivity index (χ4v) is 5.34. The van der Waals surface area contributed by atoms with E-state index in [1.165, 1.54) is 0 Å². The quantitative estimate of drug-likeness (QED) is 0.368. The average Bonchev–Trinajstić information content (AvgIpc) is 3.02. The van der Waals surface area contributed by atoms with Crippen molar-refractivity contribution in [1.29, 1.82) is 0 Å². The van der Waals surface area contributed by atoms with Gasteiger partial charge in [0.15, 0.2) is 0 Å². The van der Waals surface area contributed by atoms with Crippen LogP contribution in [0.15, 0.2) is 72.8 Å². The van der Waals surface area contributed by atoms with Crippen LogP contribution in [-0.2, 0) is 4.79 Å². The van der Waals surface area contributed by atoms with Crippen molar-refractivity contribution in [2.45, 2.75) is 33.1 Å². The van der Waals surface area contributed by atoms with Crippen LogP contribution in [0.2, 0.25) is 0 Å². The van der Waals surface area contributed by atoms with Crippen LogP contribution < -0.4 is 15.0 Å². The number of ether oxygens (including phenoxy) is 1. The van der Waals surface area contributed by atoms with Gasteiger partial charge < -0.3 is 24.8 Å². The number of hydrogen-bond donors (Lipinski definition) is 1. The van der Waals surface area contributed by atoms with Gasteiger partial charge in [-0.25, -0.2) is 0 Å². The molecule has 3 amide bonds. The molecule has 0 radical (unpaired) electrons. The number of nitrogens with zero attached hydrogens (tertiary/aromatic N) is 3. The Morgan fingerprint density at radius 3 is 2.22 bits per heavy atom. The maximum absolute atomic E-state index is 13.6. The zero-order chi connectivity index (χ0) is 29.4. The second-order valence-corrected chi connectivity index (χ2v) is 10.1. The van der Waals surface area contributed by atoms with Crippen molar-refractivity contribution in [3.8, 4) is 5.75 Å². The van der Waals surface area contributed by atoms with Crippen LogP contribution in [0.5, 0.6) is 5.75 Å². The van der Waals surface area contributed by atoms with Gasteiger partial charge in [0.05, 0.1) is 18.6 Å². The summed E-state index contributed by atoms with van der Waals surface area (Å²) < 4.78 is 5.24. The molecular formula is C33H40N4O4. The summed E-state index contributed by atoms with van der Waals surface area (Å²) in [5.74, 6) is 0.213. The van der Waals surface area contributed by atoms with Gasteiger partial charge in [-0.05, 0) is 62.2 Å². The Bertz CT molecular complexity index is 1350. The molecule has 8 nitrogen and oxygen atoms in total. The Morgan fingerprint density at radius 1 is 0.878 bits per heavy atom. The molecule has 0 aliphatic carbocycles. The molecule has 3 aromatic rings. The summed E-state index contributed by atoms with van der Waals surface area (Å²) in [7, 11) is 1.56. The van der Waals surface area contributed by atoms with E-state index in [0.717, 1.165) is 17.7 Å². The molecule has 1 heterocycles. The summed E-state index contributed by atoms with van der Waals surface area (Å²) in [6, 6.07) is 22.4. The number of hydrogen-bond acceptors (Lipinski definition) is 5. The van der Waals surface area contributed by atoms with Crippen LogP contribution in [0.25, 0.3) is 0 Å². The normalized spacial score (nSPS) is 13.9. The molecule has 1 saturated heterocycles. The lowest BCUT2D eigenvalue weighted by Gasteiger charge is -2.38. The Labute approximate surface area is 242 Å². The van der Waals surface area contributed by atoms with E-state index in [1.807, 2.05) is 68.1 Å². The summed E-state index contributed by atoms with van der Waals surface area (Å²) in [5.41, 5.74) is 3.39. The van der Waals surface area contributed by atoms with Crippen molar-refractivity contribution in [1.82, 2.24) is 9.80 Å². The minimum absolute atomic E-state index is 0.0869. The number of anilines is 2. The molecular weight excluding hydrogens is 516 g/mol. The first-order valence-electron chi connectivity index (χ1n) is 14.4. The van der Waals surface area contributed by atoms with Gasteiger partial charge in [-0.2, -0.15) is 0 Å². The number of amides is 3. The second kappa shape index (κ2) is 13.8. The van der Waals surface area contributed by atoms with E-state index >= 15 is 0 Å². The highest BCUT2D eigenvalue weighted by Gasteiger charge is 2.29. The van der Waals surface area contributed by atoms with Gasteiger partial charge >= 0.3 is 0 Å².